The minimum atomic E-state index is -4.56. The van der Waals surface area contributed by atoms with Gasteiger partial charge in [-0.2, -0.15) is 13.2 Å². The maximum Gasteiger partial charge on any atom is 0.406 e. The van der Waals surface area contributed by atoms with Gasteiger partial charge < -0.3 is 10.2 Å². The van der Waals surface area contributed by atoms with Crippen molar-refractivity contribution in [2.45, 2.75) is 51.4 Å². The van der Waals surface area contributed by atoms with Gasteiger partial charge in [0.2, 0.25) is 5.91 Å². The van der Waals surface area contributed by atoms with Crippen LogP contribution < -0.4 is 5.32 Å². The summed E-state index contributed by atoms with van der Waals surface area (Å²) in [5.74, 6) is -1.54. The summed E-state index contributed by atoms with van der Waals surface area (Å²) in [4.78, 5) is 39.5. The molecule has 1 aromatic rings. The number of aryl methyl sites for hydroxylation is 1. The predicted molar refractivity (Wildman–Crippen MR) is 98.7 cm³/mol. The first-order chi connectivity index (χ1) is 13.4. The van der Waals surface area contributed by atoms with E-state index < -0.39 is 48.7 Å². The number of urea groups is 1. The Balaban J connectivity index is 1.78. The molecule has 2 atom stereocenters. The summed E-state index contributed by atoms with van der Waals surface area (Å²) in [6.45, 7) is 2.84. The lowest BCUT2D eigenvalue weighted by Gasteiger charge is -2.31. The number of hydrogen-bond donors (Lipinski definition) is 1. The number of nitrogens with one attached hydrogen (secondary N) is 1. The standard InChI is InChI=1S/C20H24F3N3O3/c1-12-4-8-15(9-5-12)19(3)17(28)25(18(29)24-19)10-16(27)26(11-20(21,22)23)13(2)14-6-7-14/h4-5,8-9,13-14H,6-7,10-11H2,1-3H3,(H,24,29). The molecule has 9 heteroatoms. The van der Waals surface area contributed by atoms with E-state index in [1.807, 2.05) is 6.92 Å². The molecule has 6 nitrogen and oxygen atoms in total. The highest BCUT2D eigenvalue weighted by molar-refractivity contribution is 6.09. The summed E-state index contributed by atoms with van der Waals surface area (Å²) >= 11 is 0. The molecule has 1 N–H and O–H groups in total. The lowest BCUT2D eigenvalue weighted by atomic mass is 9.91. The molecule has 158 valence electrons. The predicted octanol–water partition coefficient (Wildman–Crippen LogP) is 2.95. The Morgan fingerprint density at radius 2 is 1.86 bits per heavy atom. The van der Waals surface area contributed by atoms with Crippen LogP contribution >= 0.6 is 0 Å². The summed E-state index contributed by atoms with van der Waals surface area (Å²) < 4.78 is 39.0. The minimum absolute atomic E-state index is 0.0160. The van der Waals surface area contributed by atoms with Gasteiger partial charge >= 0.3 is 12.2 Å². The van der Waals surface area contributed by atoms with Crippen LogP contribution in [0.2, 0.25) is 0 Å². The van der Waals surface area contributed by atoms with Crippen molar-refractivity contribution in [3.05, 3.63) is 35.4 Å². The van der Waals surface area contributed by atoms with Gasteiger partial charge in [0, 0.05) is 6.04 Å². The first kappa shape index (κ1) is 21.1. The van der Waals surface area contributed by atoms with E-state index >= 15 is 0 Å². The Morgan fingerprint density at radius 3 is 2.38 bits per heavy atom. The molecule has 1 saturated heterocycles. The van der Waals surface area contributed by atoms with Crippen LogP contribution in [0.1, 0.15) is 37.8 Å². The second kappa shape index (κ2) is 7.35. The zero-order valence-corrected chi connectivity index (χ0v) is 16.5. The van der Waals surface area contributed by atoms with Crippen LogP contribution in [0.4, 0.5) is 18.0 Å². The molecule has 1 aromatic carbocycles. The van der Waals surface area contributed by atoms with Crippen molar-refractivity contribution in [2.24, 2.45) is 5.92 Å². The number of halogens is 3. The van der Waals surface area contributed by atoms with Crippen LogP contribution in [0.15, 0.2) is 24.3 Å². The first-order valence-corrected chi connectivity index (χ1v) is 9.50. The molecular formula is C20H24F3N3O3. The van der Waals surface area contributed by atoms with Gasteiger partial charge in [-0.15, -0.1) is 0 Å². The molecule has 4 amide bonds. The van der Waals surface area contributed by atoms with Crippen LogP contribution in [0, 0.1) is 12.8 Å². The maximum absolute atomic E-state index is 13.0. The van der Waals surface area contributed by atoms with E-state index in [2.05, 4.69) is 5.32 Å². The Kier molecular flexibility index (Phi) is 5.36. The molecular weight excluding hydrogens is 387 g/mol. The summed E-state index contributed by atoms with van der Waals surface area (Å²) in [6, 6.07) is 5.58. The van der Waals surface area contributed by atoms with E-state index in [9.17, 15) is 27.6 Å². The number of amides is 4. The third-order valence-electron chi connectivity index (χ3n) is 5.66. The van der Waals surface area contributed by atoms with Gasteiger partial charge in [-0.3, -0.25) is 14.5 Å². The van der Waals surface area contributed by atoms with Crippen molar-refractivity contribution in [2.75, 3.05) is 13.1 Å². The lowest BCUT2D eigenvalue weighted by molar-refractivity contribution is -0.166. The Morgan fingerprint density at radius 1 is 1.28 bits per heavy atom. The van der Waals surface area contributed by atoms with E-state index in [4.69, 9.17) is 0 Å². The van der Waals surface area contributed by atoms with Gasteiger partial charge in [-0.05, 0) is 45.1 Å². The van der Waals surface area contributed by atoms with Gasteiger partial charge in [0.25, 0.3) is 5.91 Å². The summed E-state index contributed by atoms with van der Waals surface area (Å²) in [6.07, 6.45) is -3.04. The fraction of sp³-hybridized carbons (Fsp3) is 0.550. The molecule has 0 spiro atoms. The zero-order valence-electron chi connectivity index (χ0n) is 16.5. The quantitative estimate of drug-likeness (QED) is 0.732. The van der Waals surface area contributed by atoms with Gasteiger partial charge in [0.05, 0.1) is 0 Å². The fourth-order valence-corrected chi connectivity index (χ4v) is 3.63. The van der Waals surface area contributed by atoms with Crippen LogP contribution in [-0.4, -0.2) is 53.0 Å². The average Bonchev–Trinajstić information content (AvgIpc) is 3.44. The van der Waals surface area contributed by atoms with Crippen LogP contribution in [0.5, 0.6) is 0 Å². The van der Waals surface area contributed by atoms with Crippen molar-refractivity contribution in [3.63, 3.8) is 0 Å². The van der Waals surface area contributed by atoms with Gasteiger partial charge in [0.1, 0.15) is 18.6 Å². The minimum Gasteiger partial charge on any atom is -0.329 e. The third-order valence-corrected chi connectivity index (χ3v) is 5.66. The molecule has 2 aliphatic rings. The summed E-state index contributed by atoms with van der Waals surface area (Å²) in [5, 5.41) is 2.57. The second-order valence-electron chi connectivity index (χ2n) is 8.03. The van der Waals surface area contributed by atoms with E-state index in [0.717, 1.165) is 23.3 Å². The lowest BCUT2D eigenvalue weighted by Crippen LogP contribution is -2.50. The highest BCUT2D eigenvalue weighted by Gasteiger charge is 2.50. The smallest absolute Gasteiger partial charge is 0.329 e. The molecule has 2 unspecified atom stereocenters. The SMILES string of the molecule is Cc1ccc(C2(C)NC(=O)N(CC(=O)N(CC(F)(F)F)C(C)C3CC3)C2=O)cc1. The van der Waals surface area contributed by atoms with E-state index in [0.29, 0.717) is 10.5 Å². The molecule has 29 heavy (non-hydrogen) atoms. The highest BCUT2D eigenvalue weighted by Crippen LogP contribution is 2.36. The number of benzene rings is 1. The molecule has 2 fully saturated rings. The number of rotatable bonds is 6. The van der Waals surface area contributed by atoms with Crippen molar-refractivity contribution < 1.29 is 27.6 Å². The molecule has 1 saturated carbocycles. The molecule has 1 heterocycles. The largest absolute Gasteiger partial charge is 0.406 e. The number of carbonyl (C=O) groups is 3. The molecule has 0 bridgehead atoms. The first-order valence-electron chi connectivity index (χ1n) is 9.50. The van der Waals surface area contributed by atoms with E-state index in [1.165, 1.54) is 6.92 Å². The summed E-state index contributed by atoms with van der Waals surface area (Å²) in [5.41, 5.74) is 0.134. The van der Waals surface area contributed by atoms with Crippen LogP contribution in [-0.2, 0) is 15.1 Å². The van der Waals surface area contributed by atoms with Crippen LogP contribution in [0.3, 0.4) is 0 Å². The van der Waals surface area contributed by atoms with Crippen molar-refractivity contribution in [1.82, 2.24) is 15.1 Å². The monoisotopic (exact) mass is 411 g/mol. The normalized spacial score (nSPS) is 23.2. The van der Waals surface area contributed by atoms with Crippen molar-refractivity contribution in [1.29, 1.82) is 0 Å². The molecule has 0 aromatic heterocycles. The Hall–Kier alpha value is -2.58. The number of carbonyl (C=O) groups excluding carboxylic acids is 3. The van der Waals surface area contributed by atoms with Crippen molar-refractivity contribution >= 4 is 17.8 Å². The molecule has 0 radical (unpaired) electrons. The average molecular weight is 411 g/mol. The molecule has 1 aliphatic carbocycles. The zero-order chi connectivity index (χ0) is 21.6. The highest BCUT2D eigenvalue weighted by atomic mass is 19.4. The Labute approximate surface area is 167 Å². The summed E-state index contributed by atoms with van der Waals surface area (Å²) in [7, 11) is 0. The topological polar surface area (TPSA) is 69.7 Å². The molecule has 1 aliphatic heterocycles. The van der Waals surface area contributed by atoms with E-state index in [-0.39, 0.29) is 5.92 Å². The van der Waals surface area contributed by atoms with Gasteiger partial charge in [-0.25, -0.2) is 4.79 Å². The molecule has 3 rings (SSSR count). The van der Waals surface area contributed by atoms with E-state index in [1.54, 1.807) is 31.2 Å². The van der Waals surface area contributed by atoms with Crippen molar-refractivity contribution in [3.8, 4) is 0 Å². The number of alkyl halides is 3. The number of imide groups is 1. The second-order valence-corrected chi connectivity index (χ2v) is 8.03. The Bertz CT molecular complexity index is 821. The van der Waals surface area contributed by atoms with Gasteiger partial charge in [0.15, 0.2) is 0 Å². The van der Waals surface area contributed by atoms with Gasteiger partial charge in [-0.1, -0.05) is 29.8 Å². The fourth-order valence-electron chi connectivity index (χ4n) is 3.63. The maximum atomic E-state index is 13.0. The number of nitrogens with zero attached hydrogens (tertiary/aromatic N) is 2. The number of hydrogen-bond acceptors (Lipinski definition) is 3. The third kappa shape index (κ3) is 4.38. The van der Waals surface area contributed by atoms with Crippen LogP contribution in [0.25, 0.3) is 0 Å².